The van der Waals surface area contributed by atoms with Crippen molar-refractivity contribution in [2.24, 2.45) is 0 Å². The number of rotatable bonds is 5. The number of benzene rings is 3. The van der Waals surface area contributed by atoms with Gasteiger partial charge in [-0.1, -0.05) is 47.5 Å². The van der Waals surface area contributed by atoms with E-state index in [9.17, 15) is 13.2 Å². The van der Waals surface area contributed by atoms with Crippen LogP contribution >= 0.6 is 23.2 Å². The summed E-state index contributed by atoms with van der Waals surface area (Å²) in [5, 5.41) is 9.98. The maximum Gasteiger partial charge on any atom is 0.335 e. The van der Waals surface area contributed by atoms with Gasteiger partial charge in [-0.25, -0.2) is 13.2 Å². The van der Waals surface area contributed by atoms with Gasteiger partial charge in [0.15, 0.2) is 0 Å². The van der Waals surface area contributed by atoms with Crippen LogP contribution in [0.1, 0.15) is 10.4 Å². The molecule has 0 fully saturated rings. The Morgan fingerprint density at radius 3 is 2.26 bits per heavy atom. The average molecular weight is 422 g/mol. The van der Waals surface area contributed by atoms with E-state index in [1.165, 1.54) is 36.4 Å². The standard InChI is InChI=1S/C19H13Cl2NO4S/c20-14-6-9-17(18(21)11-14)12-4-7-16(8-5-12)27(25,26)22-15-3-1-2-13(10-15)19(23)24/h1-11,22H,(H,23,24). The maximum absolute atomic E-state index is 12.5. The van der Waals surface area contributed by atoms with Crippen molar-refractivity contribution in [1.29, 1.82) is 0 Å². The van der Waals surface area contributed by atoms with Crippen molar-refractivity contribution < 1.29 is 18.3 Å². The second kappa shape index (κ2) is 7.60. The van der Waals surface area contributed by atoms with Crippen molar-refractivity contribution in [3.63, 3.8) is 0 Å². The van der Waals surface area contributed by atoms with Crippen molar-refractivity contribution in [1.82, 2.24) is 0 Å². The zero-order chi connectivity index (χ0) is 19.6. The molecule has 0 radical (unpaired) electrons. The molecular formula is C19H13Cl2NO4S. The fourth-order valence-electron chi connectivity index (χ4n) is 2.47. The van der Waals surface area contributed by atoms with Gasteiger partial charge in [0.2, 0.25) is 0 Å². The van der Waals surface area contributed by atoms with Gasteiger partial charge in [-0.2, -0.15) is 0 Å². The molecule has 0 saturated heterocycles. The quantitative estimate of drug-likeness (QED) is 0.595. The van der Waals surface area contributed by atoms with E-state index in [0.29, 0.717) is 10.0 Å². The third-order valence-electron chi connectivity index (χ3n) is 3.77. The highest BCUT2D eigenvalue weighted by atomic mass is 35.5. The van der Waals surface area contributed by atoms with Crippen LogP contribution in [0.15, 0.2) is 71.6 Å². The lowest BCUT2D eigenvalue weighted by molar-refractivity contribution is 0.0697. The molecule has 0 aliphatic heterocycles. The first kappa shape index (κ1) is 19.2. The largest absolute Gasteiger partial charge is 0.478 e. The summed E-state index contributed by atoms with van der Waals surface area (Å²) in [4.78, 5) is 11.1. The third-order valence-corrected chi connectivity index (χ3v) is 5.71. The van der Waals surface area contributed by atoms with Crippen molar-refractivity contribution in [3.8, 4) is 11.1 Å². The molecule has 138 valence electrons. The fourth-order valence-corrected chi connectivity index (χ4v) is 4.03. The molecule has 0 aromatic heterocycles. The van der Waals surface area contributed by atoms with Crippen LogP contribution < -0.4 is 4.72 Å². The predicted molar refractivity (Wildman–Crippen MR) is 106 cm³/mol. The zero-order valence-electron chi connectivity index (χ0n) is 13.7. The average Bonchev–Trinajstić information content (AvgIpc) is 2.62. The Bertz CT molecular complexity index is 1110. The van der Waals surface area contributed by atoms with Crippen LogP contribution in [0.4, 0.5) is 5.69 Å². The van der Waals surface area contributed by atoms with Crippen LogP contribution in [0.2, 0.25) is 10.0 Å². The summed E-state index contributed by atoms with van der Waals surface area (Å²) >= 11 is 12.1. The molecule has 3 rings (SSSR count). The van der Waals surface area contributed by atoms with Gasteiger partial charge >= 0.3 is 5.97 Å². The maximum atomic E-state index is 12.5. The smallest absolute Gasteiger partial charge is 0.335 e. The topological polar surface area (TPSA) is 83.5 Å². The minimum atomic E-state index is -3.87. The molecular weight excluding hydrogens is 409 g/mol. The summed E-state index contributed by atoms with van der Waals surface area (Å²) in [7, 11) is -3.87. The van der Waals surface area contributed by atoms with Crippen LogP contribution in [0.5, 0.6) is 0 Å². The third kappa shape index (κ3) is 4.42. The van der Waals surface area contributed by atoms with E-state index >= 15 is 0 Å². The van der Waals surface area contributed by atoms with E-state index in [4.69, 9.17) is 28.3 Å². The van der Waals surface area contributed by atoms with Crippen molar-refractivity contribution in [3.05, 3.63) is 82.3 Å². The van der Waals surface area contributed by atoms with E-state index in [-0.39, 0.29) is 16.1 Å². The molecule has 3 aromatic rings. The number of hydrogen-bond acceptors (Lipinski definition) is 3. The summed E-state index contributed by atoms with van der Waals surface area (Å²) in [6, 6.07) is 16.8. The number of nitrogens with one attached hydrogen (secondary N) is 1. The molecule has 5 nitrogen and oxygen atoms in total. The summed E-state index contributed by atoms with van der Waals surface area (Å²) < 4.78 is 27.5. The monoisotopic (exact) mass is 421 g/mol. The van der Waals surface area contributed by atoms with E-state index in [2.05, 4.69) is 4.72 Å². The zero-order valence-corrected chi connectivity index (χ0v) is 16.0. The lowest BCUT2D eigenvalue weighted by Crippen LogP contribution is -2.13. The van der Waals surface area contributed by atoms with Crippen LogP contribution in [0.3, 0.4) is 0 Å². The van der Waals surface area contributed by atoms with E-state index in [1.807, 2.05) is 0 Å². The number of hydrogen-bond donors (Lipinski definition) is 2. The molecule has 2 N–H and O–H groups in total. The van der Waals surface area contributed by atoms with Gasteiger partial charge < -0.3 is 5.11 Å². The Kier molecular flexibility index (Phi) is 5.41. The van der Waals surface area contributed by atoms with Gasteiger partial charge in [0, 0.05) is 21.3 Å². The lowest BCUT2D eigenvalue weighted by Gasteiger charge is -2.10. The van der Waals surface area contributed by atoms with Gasteiger partial charge in [0.05, 0.1) is 10.5 Å². The predicted octanol–water partition coefficient (Wildman–Crippen LogP) is 5.16. The first-order valence-corrected chi connectivity index (χ1v) is 9.92. The number of halogens is 2. The van der Waals surface area contributed by atoms with E-state index in [1.54, 1.807) is 30.3 Å². The first-order chi connectivity index (χ1) is 12.8. The number of carbonyl (C=O) groups is 1. The Labute approximate surface area is 166 Å². The van der Waals surface area contributed by atoms with E-state index < -0.39 is 16.0 Å². The highest BCUT2D eigenvalue weighted by Crippen LogP contribution is 2.31. The van der Waals surface area contributed by atoms with Gasteiger partial charge in [0.1, 0.15) is 0 Å². The molecule has 0 atom stereocenters. The Morgan fingerprint density at radius 1 is 0.926 bits per heavy atom. The lowest BCUT2D eigenvalue weighted by atomic mass is 10.1. The van der Waals surface area contributed by atoms with Crippen molar-refractivity contribution >= 4 is 44.9 Å². The molecule has 0 spiro atoms. The number of sulfonamides is 1. The molecule has 8 heteroatoms. The molecule has 0 aliphatic rings. The number of carboxylic acid groups (broad SMARTS) is 1. The van der Waals surface area contributed by atoms with Crippen LogP contribution in [0.25, 0.3) is 11.1 Å². The molecule has 0 aliphatic carbocycles. The minimum Gasteiger partial charge on any atom is -0.478 e. The van der Waals surface area contributed by atoms with Crippen LogP contribution in [-0.2, 0) is 10.0 Å². The Hall–Kier alpha value is -2.54. The number of aromatic carboxylic acids is 1. The second-order valence-corrected chi connectivity index (χ2v) is 8.17. The minimum absolute atomic E-state index is 0.0112. The molecule has 0 amide bonds. The van der Waals surface area contributed by atoms with E-state index in [0.717, 1.165) is 11.1 Å². The van der Waals surface area contributed by atoms with Gasteiger partial charge in [0.25, 0.3) is 10.0 Å². The summed E-state index contributed by atoms with van der Waals surface area (Å²) in [6.07, 6.45) is 0. The second-order valence-electron chi connectivity index (χ2n) is 5.64. The Balaban J connectivity index is 1.87. The van der Waals surface area contributed by atoms with Crippen molar-refractivity contribution in [2.75, 3.05) is 4.72 Å². The molecule has 0 heterocycles. The molecule has 3 aromatic carbocycles. The summed E-state index contributed by atoms with van der Waals surface area (Å²) in [5.41, 5.74) is 1.62. The molecule has 0 bridgehead atoms. The van der Waals surface area contributed by atoms with Gasteiger partial charge in [-0.15, -0.1) is 0 Å². The number of carboxylic acids is 1. The van der Waals surface area contributed by atoms with Gasteiger partial charge in [-0.3, -0.25) is 4.72 Å². The first-order valence-electron chi connectivity index (χ1n) is 7.68. The normalized spacial score (nSPS) is 11.2. The SMILES string of the molecule is O=C(O)c1cccc(NS(=O)(=O)c2ccc(-c3ccc(Cl)cc3Cl)cc2)c1. The fraction of sp³-hybridized carbons (Fsp3) is 0. The molecule has 0 saturated carbocycles. The Morgan fingerprint density at radius 2 is 1.63 bits per heavy atom. The summed E-state index contributed by atoms with van der Waals surface area (Å²) in [5.74, 6) is -1.14. The van der Waals surface area contributed by atoms with Crippen molar-refractivity contribution in [2.45, 2.75) is 4.90 Å². The van der Waals surface area contributed by atoms with Crippen LogP contribution in [-0.4, -0.2) is 19.5 Å². The van der Waals surface area contributed by atoms with Gasteiger partial charge in [-0.05, 0) is 48.0 Å². The van der Waals surface area contributed by atoms with Crippen LogP contribution in [0, 0.1) is 0 Å². The highest BCUT2D eigenvalue weighted by molar-refractivity contribution is 7.92. The highest BCUT2D eigenvalue weighted by Gasteiger charge is 2.15. The number of anilines is 1. The molecule has 27 heavy (non-hydrogen) atoms. The summed E-state index contributed by atoms with van der Waals surface area (Å²) in [6.45, 7) is 0. The molecule has 0 unspecified atom stereocenters.